The molecule has 1 aliphatic heterocycles. The Hall–Kier alpha value is -3.56. The molecule has 0 unspecified atom stereocenters. The van der Waals surface area contributed by atoms with Crippen molar-refractivity contribution < 1.29 is 38.0 Å². The molecule has 1 fully saturated rings. The molecule has 4 rings (SSSR count). The highest BCUT2D eigenvalue weighted by Gasteiger charge is 2.48. The molecule has 0 N–H and O–H groups in total. The third kappa shape index (κ3) is 11.7. The topological polar surface area (TPSA) is 89.5 Å². The predicted molar refractivity (Wildman–Crippen MR) is 175 cm³/mol. The number of unbranched alkanes of at least 4 members (excludes halogenated alkanes) is 5. The number of hydrogen-bond donors (Lipinski definition) is 0. The SMILES string of the molecule is CCOC(=O)CCCCCCCCO[C@@H]1O[C@@H](C)[C@@H](OC(=O)c2ccccc2)[C@@H](OCc2ccccc2)[C@@H]1OCc1ccccc1. The van der Waals surface area contributed by atoms with Crippen LogP contribution < -0.4 is 0 Å². The van der Waals surface area contributed by atoms with Crippen LogP contribution in [0, 0.1) is 0 Å². The summed E-state index contributed by atoms with van der Waals surface area (Å²) in [5.74, 6) is -0.567. The summed E-state index contributed by atoms with van der Waals surface area (Å²) in [6.45, 7) is 5.26. The van der Waals surface area contributed by atoms with Gasteiger partial charge in [0.25, 0.3) is 0 Å². The van der Waals surface area contributed by atoms with E-state index in [1.54, 1.807) is 24.3 Å². The summed E-state index contributed by atoms with van der Waals surface area (Å²) in [4.78, 5) is 24.7. The summed E-state index contributed by atoms with van der Waals surface area (Å²) < 4.78 is 36.8. The quantitative estimate of drug-likeness (QED) is 0.0996. The highest BCUT2D eigenvalue weighted by Crippen LogP contribution is 2.31. The normalized spacial score (nSPS) is 21.0. The molecule has 1 saturated heterocycles. The molecule has 0 radical (unpaired) electrons. The molecule has 0 amide bonds. The van der Waals surface area contributed by atoms with Crippen LogP contribution in [0.5, 0.6) is 0 Å². The van der Waals surface area contributed by atoms with Gasteiger partial charge >= 0.3 is 11.9 Å². The molecule has 3 aromatic rings. The van der Waals surface area contributed by atoms with E-state index in [2.05, 4.69) is 0 Å². The summed E-state index contributed by atoms with van der Waals surface area (Å²) in [6.07, 6.45) is 3.06. The Morgan fingerprint density at radius 2 is 1.20 bits per heavy atom. The summed E-state index contributed by atoms with van der Waals surface area (Å²) in [5.41, 5.74) is 2.45. The van der Waals surface area contributed by atoms with Gasteiger partial charge in [0.2, 0.25) is 0 Å². The molecular formula is C38H48O8. The van der Waals surface area contributed by atoms with E-state index < -0.39 is 36.7 Å². The van der Waals surface area contributed by atoms with Crippen molar-refractivity contribution in [2.45, 2.75) is 103 Å². The number of ether oxygens (including phenoxy) is 6. The lowest BCUT2D eigenvalue weighted by Gasteiger charge is -2.44. The second kappa shape index (κ2) is 19.8. The van der Waals surface area contributed by atoms with Crippen molar-refractivity contribution in [3.05, 3.63) is 108 Å². The maximum atomic E-state index is 13.2. The van der Waals surface area contributed by atoms with Crippen LogP contribution in [0.1, 0.15) is 80.3 Å². The summed E-state index contributed by atoms with van der Waals surface area (Å²) in [7, 11) is 0. The summed E-state index contributed by atoms with van der Waals surface area (Å²) in [6, 6.07) is 28.7. The van der Waals surface area contributed by atoms with Crippen LogP contribution in [0.4, 0.5) is 0 Å². The molecule has 8 nitrogen and oxygen atoms in total. The standard InChI is InChI=1S/C38H48O8/c1-3-41-33(39)25-17-6-4-5-7-18-26-42-38-36(44-28-31-21-13-9-14-22-31)35(43-27-30-19-11-8-12-20-30)34(29(2)45-38)46-37(40)32-23-15-10-16-24-32/h8-16,19-24,29,34-36,38H,3-7,17-18,25-28H2,1-2H3/t29-,34+,35+,36-,38+/m0/s1. The van der Waals surface area contributed by atoms with Gasteiger partial charge in [-0.15, -0.1) is 0 Å². The molecule has 0 aromatic heterocycles. The lowest BCUT2D eigenvalue weighted by Crippen LogP contribution is -2.60. The minimum atomic E-state index is -0.730. The van der Waals surface area contributed by atoms with Crippen LogP contribution >= 0.6 is 0 Å². The summed E-state index contributed by atoms with van der Waals surface area (Å²) >= 11 is 0. The van der Waals surface area contributed by atoms with Gasteiger partial charge in [-0.2, -0.15) is 0 Å². The van der Waals surface area contributed by atoms with Gasteiger partial charge in [0.05, 0.1) is 31.5 Å². The molecule has 0 aliphatic carbocycles. The molecule has 5 atom stereocenters. The third-order valence-electron chi connectivity index (χ3n) is 7.91. The zero-order valence-electron chi connectivity index (χ0n) is 27.1. The van der Waals surface area contributed by atoms with Gasteiger partial charge < -0.3 is 28.4 Å². The van der Waals surface area contributed by atoms with Crippen molar-refractivity contribution in [3.8, 4) is 0 Å². The van der Waals surface area contributed by atoms with Crippen LogP contribution in [0.25, 0.3) is 0 Å². The average Bonchev–Trinajstić information content (AvgIpc) is 3.08. The number of rotatable bonds is 19. The molecular weight excluding hydrogens is 584 g/mol. The zero-order valence-corrected chi connectivity index (χ0v) is 27.1. The van der Waals surface area contributed by atoms with Crippen LogP contribution in [0.2, 0.25) is 0 Å². The van der Waals surface area contributed by atoms with E-state index >= 15 is 0 Å². The lowest BCUT2D eigenvalue weighted by atomic mass is 9.98. The van der Waals surface area contributed by atoms with Crippen molar-refractivity contribution in [2.24, 2.45) is 0 Å². The van der Waals surface area contributed by atoms with E-state index in [4.69, 9.17) is 28.4 Å². The number of carbonyl (C=O) groups excluding carboxylic acids is 2. The zero-order chi connectivity index (χ0) is 32.4. The minimum absolute atomic E-state index is 0.121. The van der Waals surface area contributed by atoms with E-state index in [1.807, 2.05) is 80.6 Å². The monoisotopic (exact) mass is 632 g/mol. The van der Waals surface area contributed by atoms with Gasteiger partial charge in [-0.25, -0.2) is 4.79 Å². The fraction of sp³-hybridized carbons (Fsp3) is 0.474. The van der Waals surface area contributed by atoms with Gasteiger partial charge in [-0.1, -0.05) is 105 Å². The third-order valence-corrected chi connectivity index (χ3v) is 7.91. The first-order valence-corrected chi connectivity index (χ1v) is 16.5. The first-order valence-electron chi connectivity index (χ1n) is 16.5. The minimum Gasteiger partial charge on any atom is -0.466 e. The fourth-order valence-corrected chi connectivity index (χ4v) is 5.45. The number of benzene rings is 3. The Labute approximate surface area is 273 Å². The van der Waals surface area contributed by atoms with Gasteiger partial charge in [0.1, 0.15) is 12.2 Å². The van der Waals surface area contributed by atoms with E-state index in [0.717, 1.165) is 49.7 Å². The summed E-state index contributed by atoms with van der Waals surface area (Å²) in [5, 5.41) is 0. The number of hydrogen-bond acceptors (Lipinski definition) is 8. The molecule has 0 bridgehead atoms. The van der Waals surface area contributed by atoms with Gasteiger partial charge in [-0.05, 0) is 49.9 Å². The van der Waals surface area contributed by atoms with Crippen molar-refractivity contribution >= 4 is 11.9 Å². The maximum absolute atomic E-state index is 13.2. The van der Waals surface area contributed by atoms with Gasteiger partial charge in [0.15, 0.2) is 12.4 Å². The van der Waals surface area contributed by atoms with Crippen molar-refractivity contribution in [1.82, 2.24) is 0 Å². The van der Waals surface area contributed by atoms with E-state index in [1.165, 1.54) is 0 Å². The first-order chi connectivity index (χ1) is 22.5. The molecule has 46 heavy (non-hydrogen) atoms. The lowest BCUT2D eigenvalue weighted by molar-refractivity contribution is -0.312. The second-order valence-corrected chi connectivity index (χ2v) is 11.5. The van der Waals surface area contributed by atoms with E-state index in [9.17, 15) is 9.59 Å². The van der Waals surface area contributed by atoms with Gasteiger partial charge in [0, 0.05) is 13.0 Å². The molecule has 1 aliphatic rings. The molecule has 1 heterocycles. The molecule has 8 heteroatoms. The van der Waals surface area contributed by atoms with E-state index in [0.29, 0.717) is 38.4 Å². The maximum Gasteiger partial charge on any atom is 0.338 e. The molecule has 3 aromatic carbocycles. The van der Waals surface area contributed by atoms with Crippen molar-refractivity contribution in [3.63, 3.8) is 0 Å². The Kier molecular flexibility index (Phi) is 15.2. The molecule has 248 valence electrons. The first kappa shape index (κ1) is 35.3. The van der Waals surface area contributed by atoms with E-state index in [-0.39, 0.29) is 5.97 Å². The fourth-order valence-electron chi connectivity index (χ4n) is 5.45. The van der Waals surface area contributed by atoms with Crippen LogP contribution in [0.3, 0.4) is 0 Å². The molecule has 0 saturated carbocycles. The van der Waals surface area contributed by atoms with Gasteiger partial charge in [-0.3, -0.25) is 4.79 Å². The Balaban J connectivity index is 1.41. The number of carbonyl (C=O) groups is 2. The molecule has 0 spiro atoms. The second-order valence-electron chi connectivity index (χ2n) is 11.5. The van der Waals surface area contributed by atoms with Crippen LogP contribution in [0.15, 0.2) is 91.0 Å². The Bertz CT molecular complexity index is 1270. The number of esters is 2. The van der Waals surface area contributed by atoms with Crippen LogP contribution in [-0.2, 0) is 46.4 Å². The van der Waals surface area contributed by atoms with Crippen molar-refractivity contribution in [1.29, 1.82) is 0 Å². The highest BCUT2D eigenvalue weighted by atomic mass is 16.7. The van der Waals surface area contributed by atoms with Crippen molar-refractivity contribution in [2.75, 3.05) is 13.2 Å². The highest BCUT2D eigenvalue weighted by molar-refractivity contribution is 5.89. The largest absolute Gasteiger partial charge is 0.466 e. The Morgan fingerprint density at radius 1 is 0.652 bits per heavy atom. The smallest absolute Gasteiger partial charge is 0.338 e. The Morgan fingerprint density at radius 3 is 1.80 bits per heavy atom. The predicted octanol–water partition coefficient (Wildman–Crippen LogP) is 7.44. The van der Waals surface area contributed by atoms with Crippen LogP contribution in [-0.4, -0.2) is 55.9 Å². The average molecular weight is 633 g/mol.